The number of H-pyrrole nitrogens is 1. The summed E-state index contributed by atoms with van der Waals surface area (Å²) < 4.78 is 4.88. The first kappa shape index (κ1) is 10.9. The van der Waals surface area contributed by atoms with Crippen LogP contribution in [-0.4, -0.2) is 31.2 Å². The molecule has 0 aliphatic heterocycles. The van der Waals surface area contributed by atoms with Gasteiger partial charge < -0.3 is 9.84 Å². The highest BCUT2D eigenvalue weighted by molar-refractivity contribution is 5.90. The highest BCUT2D eigenvalue weighted by atomic mass is 16.5. The first-order chi connectivity index (χ1) is 8.72. The standard InChI is InChI=1S/C10H12N6O2/c1-5-12-7(18-16-5)4-11-10(17)9-13-8(14-15-9)6-2-3-6/h6H,2-4H2,1H3,(H,11,17)(H,13,14,15). The van der Waals surface area contributed by atoms with E-state index < -0.39 is 0 Å². The Kier molecular flexibility index (Phi) is 2.54. The van der Waals surface area contributed by atoms with Crippen molar-refractivity contribution in [2.24, 2.45) is 0 Å². The second-order valence-corrected chi connectivity index (χ2v) is 4.24. The Morgan fingerprint density at radius 2 is 2.33 bits per heavy atom. The summed E-state index contributed by atoms with van der Waals surface area (Å²) in [5.41, 5.74) is 0. The Labute approximate surface area is 102 Å². The van der Waals surface area contributed by atoms with Crippen molar-refractivity contribution in [2.45, 2.75) is 32.2 Å². The van der Waals surface area contributed by atoms with E-state index >= 15 is 0 Å². The number of rotatable bonds is 4. The molecule has 8 heteroatoms. The molecule has 2 N–H and O–H groups in total. The predicted octanol–water partition coefficient (Wildman–Crippen LogP) is 0.304. The number of aromatic nitrogens is 5. The van der Waals surface area contributed by atoms with Crippen molar-refractivity contribution in [3.63, 3.8) is 0 Å². The lowest BCUT2D eigenvalue weighted by molar-refractivity contribution is 0.0936. The normalized spacial score (nSPS) is 14.7. The van der Waals surface area contributed by atoms with E-state index in [4.69, 9.17) is 4.52 Å². The number of carbonyl (C=O) groups is 1. The van der Waals surface area contributed by atoms with Gasteiger partial charge >= 0.3 is 0 Å². The first-order valence-electron chi connectivity index (χ1n) is 5.72. The summed E-state index contributed by atoms with van der Waals surface area (Å²) >= 11 is 0. The van der Waals surface area contributed by atoms with Crippen LogP contribution in [0.5, 0.6) is 0 Å². The number of nitrogens with one attached hydrogen (secondary N) is 2. The maximum absolute atomic E-state index is 11.7. The Bertz CT molecular complexity index is 570. The molecule has 0 atom stereocenters. The lowest BCUT2D eigenvalue weighted by Gasteiger charge is -1.96. The zero-order valence-corrected chi connectivity index (χ0v) is 9.80. The van der Waals surface area contributed by atoms with Crippen molar-refractivity contribution >= 4 is 5.91 Å². The number of aryl methyl sites for hydroxylation is 1. The van der Waals surface area contributed by atoms with E-state index in [9.17, 15) is 4.79 Å². The molecule has 0 unspecified atom stereocenters. The van der Waals surface area contributed by atoms with E-state index in [1.54, 1.807) is 6.92 Å². The molecule has 1 aliphatic carbocycles. The quantitative estimate of drug-likeness (QED) is 0.805. The number of nitrogens with zero attached hydrogens (tertiary/aromatic N) is 4. The van der Waals surface area contributed by atoms with Crippen molar-refractivity contribution in [3.8, 4) is 0 Å². The molecule has 1 saturated carbocycles. The monoisotopic (exact) mass is 248 g/mol. The van der Waals surface area contributed by atoms with E-state index in [-0.39, 0.29) is 18.3 Å². The van der Waals surface area contributed by atoms with Crippen molar-refractivity contribution < 1.29 is 9.32 Å². The fourth-order valence-corrected chi connectivity index (χ4v) is 1.56. The fraction of sp³-hybridized carbons (Fsp3) is 0.500. The van der Waals surface area contributed by atoms with E-state index in [0.717, 1.165) is 18.7 Å². The molecule has 3 rings (SSSR count). The molecular formula is C10H12N6O2. The lowest BCUT2D eigenvalue weighted by atomic mass is 10.4. The van der Waals surface area contributed by atoms with Gasteiger partial charge in [-0.2, -0.15) is 4.98 Å². The van der Waals surface area contributed by atoms with Gasteiger partial charge in [-0.05, 0) is 19.8 Å². The van der Waals surface area contributed by atoms with Crippen LogP contribution in [-0.2, 0) is 6.54 Å². The van der Waals surface area contributed by atoms with E-state index in [1.165, 1.54) is 0 Å². The van der Waals surface area contributed by atoms with Crippen LogP contribution in [0.4, 0.5) is 0 Å². The number of aromatic amines is 1. The van der Waals surface area contributed by atoms with Gasteiger partial charge in [-0.3, -0.25) is 9.89 Å². The van der Waals surface area contributed by atoms with Crippen LogP contribution in [0.25, 0.3) is 0 Å². The minimum Gasteiger partial charge on any atom is -0.340 e. The number of hydrogen-bond acceptors (Lipinski definition) is 6. The van der Waals surface area contributed by atoms with Crippen LogP contribution in [0.2, 0.25) is 0 Å². The Balaban J connectivity index is 1.59. The molecule has 1 amide bonds. The Hall–Kier alpha value is -2.25. The van der Waals surface area contributed by atoms with Gasteiger partial charge in [0.2, 0.25) is 11.7 Å². The largest absolute Gasteiger partial charge is 0.340 e. The van der Waals surface area contributed by atoms with E-state index in [0.29, 0.717) is 17.6 Å². The Morgan fingerprint density at radius 3 is 3.00 bits per heavy atom. The van der Waals surface area contributed by atoms with Crippen molar-refractivity contribution in [1.82, 2.24) is 30.6 Å². The maximum atomic E-state index is 11.7. The van der Waals surface area contributed by atoms with Crippen molar-refractivity contribution in [1.29, 1.82) is 0 Å². The van der Waals surface area contributed by atoms with Gasteiger partial charge in [-0.1, -0.05) is 5.16 Å². The third kappa shape index (κ3) is 2.22. The Morgan fingerprint density at radius 1 is 1.50 bits per heavy atom. The van der Waals surface area contributed by atoms with Crippen LogP contribution < -0.4 is 5.32 Å². The van der Waals surface area contributed by atoms with E-state index in [2.05, 4.69) is 30.6 Å². The van der Waals surface area contributed by atoms with Crippen molar-refractivity contribution in [3.05, 3.63) is 23.4 Å². The summed E-state index contributed by atoms with van der Waals surface area (Å²) in [7, 11) is 0. The summed E-state index contributed by atoms with van der Waals surface area (Å²) in [4.78, 5) is 19.9. The second-order valence-electron chi connectivity index (χ2n) is 4.24. The topological polar surface area (TPSA) is 110 Å². The summed E-state index contributed by atoms with van der Waals surface area (Å²) in [5, 5.41) is 12.9. The minimum absolute atomic E-state index is 0.146. The molecule has 0 spiro atoms. The molecule has 0 aromatic carbocycles. The summed E-state index contributed by atoms with van der Waals surface area (Å²) in [6.45, 7) is 1.89. The summed E-state index contributed by atoms with van der Waals surface area (Å²) in [6, 6.07) is 0. The number of amides is 1. The molecule has 2 aromatic rings. The third-order valence-electron chi connectivity index (χ3n) is 2.64. The molecule has 94 valence electrons. The van der Waals surface area contributed by atoms with Gasteiger partial charge in [0.25, 0.3) is 5.91 Å². The predicted molar refractivity (Wildman–Crippen MR) is 58.6 cm³/mol. The van der Waals surface area contributed by atoms with Crippen LogP contribution in [0.1, 0.15) is 46.9 Å². The van der Waals surface area contributed by atoms with Gasteiger partial charge in [0, 0.05) is 5.92 Å². The highest BCUT2D eigenvalue weighted by Crippen LogP contribution is 2.37. The average molecular weight is 248 g/mol. The van der Waals surface area contributed by atoms with Gasteiger partial charge in [-0.15, -0.1) is 5.10 Å². The molecule has 18 heavy (non-hydrogen) atoms. The third-order valence-corrected chi connectivity index (χ3v) is 2.64. The van der Waals surface area contributed by atoms with Gasteiger partial charge in [0.15, 0.2) is 5.82 Å². The first-order valence-corrected chi connectivity index (χ1v) is 5.72. The van der Waals surface area contributed by atoms with Gasteiger partial charge in [0.1, 0.15) is 5.82 Å². The number of hydrogen-bond donors (Lipinski definition) is 2. The summed E-state index contributed by atoms with van der Waals surface area (Å²) in [6.07, 6.45) is 2.22. The zero-order valence-electron chi connectivity index (χ0n) is 9.80. The lowest BCUT2D eigenvalue weighted by Crippen LogP contribution is -2.24. The maximum Gasteiger partial charge on any atom is 0.291 e. The van der Waals surface area contributed by atoms with Crippen LogP contribution >= 0.6 is 0 Å². The molecule has 1 aliphatic rings. The summed E-state index contributed by atoms with van der Waals surface area (Å²) in [5.74, 6) is 1.92. The SMILES string of the molecule is Cc1noc(CNC(=O)c2n[nH]c(C3CC3)n2)n1. The molecule has 2 aromatic heterocycles. The highest BCUT2D eigenvalue weighted by Gasteiger charge is 2.28. The second kappa shape index (κ2) is 4.21. The van der Waals surface area contributed by atoms with Crippen LogP contribution in [0.3, 0.4) is 0 Å². The molecule has 0 radical (unpaired) electrons. The average Bonchev–Trinajstić information content (AvgIpc) is 2.94. The number of carbonyl (C=O) groups excluding carboxylic acids is 1. The van der Waals surface area contributed by atoms with Crippen LogP contribution in [0.15, 0.2) is 4.52 Å². The molecule has 1 fully saturated rings. The smallest absolute Gasteiger partial charge is 0.291 e. The molecule has 0 saturated heterocycles. The molecular weight excluding hydrogens is 236 g/mol. The fourth-order valence-electron chi connectivity index (χ4n) is 1.56. The molecule has 8 nitrogen and oxygen atoms in total. The molecule has 2 heterocycles. The molecule has 0 bridgehead atoms. The minimum atomic E-state index is -0.353. The van der Waals surface area contributed by atoms with E-state index in [1.807, 2.05) is 0 Å². The van der Waals surface area contributed by atoms with Crippen LogP contribution in [0, 0.1) is 6.92 Å². The van der Waals surface area contributed by atoms with Crippen molar-refractivity contribution in [2.75, 3.05) is 0 Å². The van der Waals surface area contributed by atoms with Gasteiger partial charge in [-0.25, -0.2) is 4.98 Å². The van der Waals surface area contributed by atoms with Gasteiger partial charge in [0.05, 0.1) is 6.54 Å². The zero-order chi connectivity index (χ0) is 12.5.